The molecule has 3 aliphatic heterocycles. The molecule has 0 aliphatic carbocycles. The van der Waals surface area contributed by atoms with E-state index in [0.29, 0.717) is 24.1 Å². The van der Waals surface area contributed by atoms with Crippen LogP contribution in [-0.2, 0) is 14.3 Å². The Kier molecular flexibility index (Phi) is 8.55. The van der Waals surface area contributed by atoms with Crippen LogP contribution in [0.1, 0.15) is 68.8 Å². The Morgan fingerprint density at radius 2 is 1.93 bits per heavy atom. The van der Waals surface area contributed by atoms with Crippen LogP contribution < -0.4 is 10.6 Å². The number of ether oxygens (including phenoxy) is 1. The summed E-state index contributed by atoms with van der Waals surface area (Å²) in [6.07, 6.45) is 2.28. The summed E-state index contributed by atoms with van der Waals surface area (Å²) in [7, 11) is 2.13. The molecule has 222 valence electrons. The fraction of sp³-hybridized carbons (Fsp3) is 0.613. The highest BCUT2D eigenvalue weighted by atomic mass is 32.1. The van der Waals surface area contributed by atoms with E-state index < -0.39 is 23.3 Å². The number of hydrogen-bond donors (Lipinski definition) is 1. The zero-order chi connectivity index (χ0) is 29.5. The molecule has 1 aromatic heterocycles. The molecule has 2 N–H and O–H groups in total. The third-order valence-corrected chi connectivity index (χ3v) is 10.3. The summed E-state index contributed by atoms with van der Waals surface area (Å²) < 4.78 is 5.90. The van der Waals surface area contributed by atoms with E-state index in [1.54, 1.807) is 22.3 Å². The van der Waals surface area contributed by atoms with Gasteiger partial charge in [-0.3, -0.25) is 14.4 Å². The fourth-order valence-electron chi connectivity index (χ4n) is 6.59. The molecule has 10 heteroatoms. The molecule has 2 aromatic rings. The number of likely N-dealkylation sites (N-methyl/N-ethyl adjacent to an activating group) is 1. The van der Waals surface area contributed by atoms with E-state index in [-0.39, 0.29) is 30.3 Å². The van der Waals surface area contributed by atoms with E-state index in [1.165, 1.54) is 0 Å². The van der Waals surface area contributed by atoms with Crippen molar-refractivity contribution in [3.63, 3.8) is 0 Å². The van der Waals surface area contributed by atoms with Crippen molar-refractivity contribution in [1.82, 2.24) is 14.8 Å². The van der Waals surface area contributed by atoms with Crippen molar-refractivity contribution in [3.05, 3.63) is 34.7 Å². The van der Waals surface area contributed by atoms with Crippen molar-refractivity contribution in [1.29, 1.82) is 0 Å². The molecule has 41 heavy (non-hydrogen) atoms. The van der Waals surface area contributed by atoms with Crippen LogP contribution in [0, 0.1) is 11.3 Å². The van der Waals surface area contributed by atoms with Gasteiger partial charge >= 0.3 is 0 Å². The van der Waals surface area contributed by atoms with E-state index in [4.69, 9.17) is 15.5 Å². The lowest BCUT2D eigenvalue weighted by molar-refractivity contribution is -0.140. The number of benzene rings is 1. The van der Waals surface area contributed by atoms with Crippen LogP contribution >= 0.6 is 11.3 Å². The van der Waals surface area contributed by atoms with Gasteiger partial charge < -0.3 is 25.2 Å². The molecule has 0 radical (unpaired) electrons. The van der Waals surface area contributed by atoms with Crippen LogP contribution in [-0.4, -0.2) is 90.9 Å². The van der Waals surface area contributed by atoms with Gasteiger partial charge in [-0.15, -0.1) is 11.3 Å². The molecule has 0 saturated carbocycles. The first-order valence-corrected chi connectivity index (χ1v) is 15.7. The highest BCUT2D eigenvalue weighted by Gasteiger charge is 2.54. The van der Waals surface area contributed by atoms with Crippen molar-refractivity contribution < 1.29 is 19.1 Å². The molecule has 9 nitrogen and oxygen atoms in total. The minimum absolute atomic E-state index is 0.0437. The number of hydrogen-bond acceptors (Lipinski definition) is 8. The molecule has 3 saturated heterocycles. The number of carbonyl (C=O) groups is 3. The van der Waals surface area contributed by atoms with Gasteiger partial charge in [0.1, 0.15) is 12.6 Å². The van der Waals surface area contributed by atoms with Gasteiger partial charge in [-0.2, -0.15) is 0 Å². The molecule has 4 heterocycles. The molecular formula is C31H43N5O4S. The number of nitrogens with two attached hydrogens (primary N) is 1. The van der Waals surface area contributed by atoms with Gasteiger partial charge in [-0.1, -0.05) is 40.2 Å². The van der Waals surface area contributed by atoms with E-state index in [9.17, 15) is 14.4 Å². The number of rotatable bonds is 9. The zero-order valence-corrected chi connectivity index (χ0v) is 25.7. The van der Waals surface area contributed by atoms with E-state index in [1.807, 2.05) is 38.3 Å². The third-order valence-electron chi connectivity index (χ3n) is 9.36. The number of ketones is 1. The summed E-state index contributed by atoms with van der Waals surface area (Å²) in [5.41, 5.74) is 7.98. The predicted octanol–water partition coefficient (Wildman–Crippen LogP) is 3.78. The van der Waals surface area contributed by atoms with Crippen molar-refractivity contribution in [2.45, 2.75) is 65.0 Å². The van der Waals surface area contributed by atoms with Crippen molar-refractivity contribution >= 4 is 34.1 Å². The normalized spacial score (nSPS) is 24.1. The number of Topliss-reactive ketones (excluding diaryl/α,β-unsaturated/α-hetero) is 1. The number of anilines is 1. The molecule has 3 fully saturated rings. The Morgan fingerprint density at radius 1 is 1.20 bits per heavy atom. The molecule has 2 amide bonds. The zero-order valence-electron chi connectivity index (χ0n) is 24.9. The van der Waals surface area contributed by atoms with Crippen molar-refractivity contribution in [2.75, 3.05) is 51.3 Å². The van der Waals surface area contributed by atoms with Gasteiger partial charge in [0.25, 0.3) is 0 Å². The van der Waals surface area contributed by atoms with Crippen LogP contribution in [0.25, 0.3) is 11.3 Å². The second-order valence-corrected chi connectivity index (χ2v) is 13.3. The maximum atomic E-state index is 14.6. The number of primary amides is 1. The van der Waals surface area contributed by atoms with Crippen molar-refractivity contribution in [2.24, 2.45) is 17.1 Å². The molecular weight excluding hydrogens is 538 g/mol. The van der Waals surface area contributed by atoms with E-state index >= 15 is 0 Å². The Morgan fingerprint density at radius 3 is 2.59 bits per heavy atom. The van der Waals surface area contributed by atoms with Crippen LogP contribution in [0.15, 0.2) is 23.6 Å². The van der Waals surface area contributed by atoms with Crippen LogP contribution in [0.2, 0.25) is 0 Å². The Hall–Kier alpha value is -2.82. The predicted molar refractivity (Wildman–Crippen MR) is 161 cm³/mol. The largest absolute Gasteiger partial charge is 0.367 e. The average Bonchev–Trinajstić information content (AvgIpc) is 3.67. The molecule has 3 aliphatic rings. The first-order chi connectivity index (χ1) is 19.6. The third kappa shape index (κ3) is 5.66. The number of nitrogens with zero attached hydrogens (tertiary/aromatic N) is 4. The van der Waals surface area contributed by atoms with Crippen molar-refractivity contribution in [3.8, 4) is 11.3 Å². The first-order valence-electron chi connectivity index (χ1n) is 14.8. The summed E-state index contributed by atoms with van der Waals surface area (Å²) in [5, 5.41) is 3.01. The quantitative estimate of drug-likeness (QED) is 0.480. The number of likely N-dealkylation sites (tertiary alicyclic amines) is 1. The maximum absolute atomic E-state index is 14.6. The van der Waals surface area contributed by atoms with E-state index in [2.05, 4.69) is 23.8 Å². The number of fused-ring (bicyclic) bond motifs is 1. The van der Waals surface area contributed by atoms with E-state index in [0.717, 1.165) is 55.4 Å². The lowest BCUT2D eigenvalue weighted by Crippen LogP contribution is -2.47. The van der Waals surface area contributed by atoms with Gasteiger partial charge in [0, 0.05) is 55.1 Å². The minimum Gasteiger partial charge on any atom is -0.367 e. The Bertz CT molecular complexity index is 1300. The molecule has 0 bridgehead atoms. The highest BCUT2D eigenvalue weighted by molar-refractivity contribution is 7.14. The van der Waals surface area contributed by atoms with Gasteiger partial charge in [-0.05, 0) is 43.0 Å². The monoisotopic (exact) mass is 581 g/mol. The SMILES string of the molecule is CCC[C@@H]1CN(C(=O)[C@H](c2cc(-c3csc(N4CCN(C)CC4)n3)ccc2C(N)=O)C(C)(C)CC)[C@@H]2C(=O)CO[C@H]12. The molecule has 0 unspecified atom stereocenters. The smallest absolute Gasteiger partial charge is 0.249 e. The topological polar surface area (TPSA) is 109 Å². The number of carbonyl (C=O) groups excluding carboxylic acids is 3. The molecule has 5 rings (SSSR count). The highest BCUT2D eigenvalue weighted by Crippen LogP contribution is 2.45. The molecule has 1 aromatic carbocycles. The van der Waals surface area contributed by atoms with Gasteiger partial charge in [-0.25, -0.2) is 4.98 Å². The number of piperazine rings is 1. The lowest BCUT2D eigenvalue weighted by atomic mass is 9.70. The molecule has 4 atom stereocenters. The van der Waals surface area contributed by atoms with Gasteiger partial charge in [0.2, 0.25) is 11.8 Å². The Labute approximate surface area is 247 Å². The fourth-order valence-corrected chi connectivity index (χ4v) is 7.48. The van der Waals surface area contributed by atoms with Crippen LogP contribution in [0.3, 0.4) is 0 Å². The first kappa shape index (κ1) is 29.7. The van der Waals surface area contributed by atoms with Crippen LogP contribution in [0.4, 0.5) is 5.13 Å². The second kappa shape index (κ2) is 11.8. The van der Waals surface area contributed by atoms with Crippen LogP contribution in [0.5, 0.6) is 0 Å². The summed E-state index contributed by atoms with van der Waals surface area (Å²) in [6.45, 7) is 12.6. The number of aromatic nitrogens is 1. The average molecular weight is 582 g/mol. The number of amides is 2. The summed E-state index contributed by atoms with van der Waals surface area (Å²) in [4.78, 5) is 51.6. The lowest BCUT2D eigenvalue weighted by Gasteiger charge is -2.37. The summed E-state index contributed by atoms with van der Waals surface area (Å²) in [6, 6.07) is 4.95. The maximum Gasteiger partial charge on any atom is 0.249 e. The molecule has 0 spiro atoms. The Balaban J connectivity index is 1.54. The van der Waals surface area contributed by atoms with Gasteiger partial charge in [0.05, 0.1) is 17.7 Å². The standard InChI is InChI=1S/C31H43N5O4S/c1-6-8-20-16-36(26-24(37)17-40-27(20)26)29(39)25(31(3,4)7-2)22-15-19(9-10-21(22)28(32)38)23-18-41-30(33-23)35-13-11-34(5)12-14-35/h9-10,15,18,20,25-27H,6-8,11-14,16-17H2,1-5H3,(H2,32,38)/t20-,25+,26-,27-/m1/s1. The summed E-state index contributed by atoms with van der Waals surface area (Å²) in [5.74, 6) is -1.30. The minimum atomic E-state index is -0.667. The second-order valence-electron chi connectivity index (χ2n) is 12.5. The summed E-state index contributed by atoms with van der Waals surface area (Å²) >= 11 is 1.61. The van der Waals surface area contributed by atoms with Gasteiger partial charge in [0.15, 0.2) is 10.9 Å². The number of thiazole rings is 1.